The Labute approximate surface area is 157 Å². The third-order valence-electron chi connectivity index (χ3n) is 5.01. The molecule has 1 aromatic carbocycles. The van der Waals surface area contributed by atoms with Gasteiger partial charge in [0.05, 0.1) is 0 Å². The largest absolute Gasteiger partial charge is 0.340 e. The molecule has 2 amide bonds. The van der Waals surface area contributed by atoms with Crippen molar-refractivity contribution in [3.05, 3.63) is 47.5 Å². The Kier molecular flexibility index (Phi) is 6.27. The van der Waals surface area contributed by atoms with Crippen molar-refractivity contribution in [1.29, 1.82) is 0 Å². The lowest BCUT2D eigenvalue weighted by Crippen LogP contribution is -2.52. The van der Waals surface area contributed by atoms with Crippen LogP contribution in [0.25, 0.3) is 0 Å². The summed E-state index contributed by atoms with van der Waals surface area (Å²) < 4.78 is 0. The number of hydrogen-bond donors (Lipinski definition) is 1. The number of amides is 2. The van der Waals surface area contributed by atoms with Crippen molar-refractivity contribution in [2.75, 3.05) is 13.1 Å². The summed E-state index contributed by atoms with van der Waals surface area (Å²) in [5.41, 5.74) is 3.00. The molecule has 4 heteroatoms. The van der Waals surface area contributed by atoms with Gasteiger partial charge in [0.2, 0.25) is 5.91 Å². The van der Waals surface area contributed by atoms with Gasteiger partial charge in [0, 0.05) is 18.7 Å². The number of likely N-dealkylation sites (tertiary alicyclic amines) is 1. The van der Waals surface area contributed by atoms with E-state index in [0.29, 0.717) is 18.7 Å². The van der Waals surface area contributed by atoms with Crippen molar-refractivity contribution >= 4 is 11.8 Å². The lowest BCUT2D eigenvalue weighted by atomic mass is 9.86. The summed E-state index contributed by atoms with van der Waals surface area (Å²) in [6.45, 7) is 15.7. The summed E-state index contributed by atoms with van der Waals surface area (Å²) >= 11 is 0. The van der Waals surface area contributed by atoms with Crippen molar-refractivity contribution in [3.8, 4) is 0 Å². The molecule has 0 aromatic heterocycles. The van der Waals surface area contributed by atoms with Crippen LogP contribution in [-0.2, 0) is 10.2 Å². The van der Waals surface area contributed by atoms with Gasteiger partial charge in [-0.2, -0.15) is 0 Å². The highest BCUT2D eigenvalue weighted by Gasteiger charge is 2.30. The molecule has 1 atom stereocenters. The maximum atomic E-state index is 12.9. The van der Waals surface area contributed by atoms with Crippen LogP contribution >= 0.6 is 0 Å². The topological polar surface area (TPSA) is 49.4 Å². The van der Waals surface area contributed by atoms with E-state index in [1.807, 2.05) is 43.0 Å². The molecule has 1 N–H and O–H groups in total. The molecule has 0 bridgehead atoms. The molecule has 1 aromatic rings. The summed E-state index contributed by atoms with van der Waals surface area (Å²) in [5.74, 6) is -0.156. The van der Waals surface area contributed by atoms with E-state index in [1.165, 1.54) is 11.1 Å². The third-order valence-corrected chi connectivity index (χ3v) is 5.01. The number of benzene rings is 1. The number of carbonyl (C=O) groups excluding carboxylic acids is 2. The predicted molar refractivity (Wildman–Crippen MR) is 106 cm³/mol. The molecular formula is C22H32N2O2. The molecule has 0 radical (unpaired) electrons. The van der Waals surface area contributed by atoms with E-state index in [1.54, 1.807) is 0 Å². The minimum Gasteiger partial charge on any atom is -0.340 e. The molecule has 4 nitrogen and oxygen atoms in total. The number of nitrogens with one attached hydrogen (secondary N) is 1. The number of hydrogen-bond acceptors (Lipinski definition) is 2. The molecule has 2 rings (SSSR count). The van der Waals surface area contributed by atoms with Crippen molar-refractivity contribution in [1.82, 2.24) is 10.2 Å². The van der Waals surface area contributed by atoms with Crippen LogP contribution in [0.3, 0.4) is 0 Å². The molecule has 1 fully saturated rings. The molecule has 26 heavy (non-hydrogen) atoms. The van der Waals surface area contributed by atoms with E-state index >= 15 is 0 Å². The quantitative estimate of drug-likeness (QED) is 0.832. The molecule has 1 aliphatic rings. The number of nitrogens with zero attached hydrogens (tertiary/aromatic N) is 1. The fraction of sp³-hybridized carbons (Fsp3) is 0.545. The Hall–Kier alpha value is -2.10. The average molecular weight is 357 g/mol. The maximum absolute atomic E-state index is 12.9. The van der Waals surface area contributed by atoms with E-state index in [4.69, 9.17) is 0 Å². The summed E-state index contributed by atoms with van der Waals surface area (Å²) in [6.07, 6.45) is 1.69. The van der Waals surface area contributed by atoms with Gasteiger partial charge in [-0.3, -0.25) is 9.59 Å². The van der Waals surface area contributed by atoms with E-state index in [9.17, 15) is 9.59 Å². The first-order valence-electron chi connectivity index (χ1n) is 9.46. The SMILES string of the molecule is C=C1CCN(C(=O)C(NC(=O)c2ccc(C(C)(C)C)cc2)C(C)C)CC1. The summed E-state index contributed by atoms with van der Waals surface area (Å²) in [7, 11) is 0. The molecule has 1 saturated heterocycles. The van der Waals surface area contributed by atoms with Crippen molar-refractivity contribution < 1.29 is 9.59 Å². The molecular weight excluding hydrogens is 324 g/mol. The fourth-order valence-electron chi connectivity index (χ4n) is 3.10. The molecule has 0 saturated carbocycles. The van der Waals surface area contributed by atoms with Crippen LogP contribution in [0.1, 0.15) is 63.4 Å². The summed E-state index contributed by atoms with van der Waals surface area (Å²) in [5, 5.41) is 2.95. The van der Waals surface area contributed by atoms with Gasteiger partial charge >= 0.3 is 0 Å². The van der Waals surface area contributed by atoms with Crippen LogP contribution in [0.5, 0.6) is 0 Å². The molecule has 1 aliphatic heterocycles. The number of rotatable bonds is 4. The van der Waals surface area contributed by atoms with Crippen LogP contribution in [0.2, 0.25) is 0 Å². The van der Waals surface area contributed by atoms with Gasteiger partial charge in [0.25, 0.3) is 5.91 Å². The van der Waals surface area contributed by atoms with Gasteiger partial charge in [0.15, 0.2) is 0 Å². The fourth-order valence-corrected chi connectivity index (χ4v) is 3.10. The highest BCUT2D eigenvalue weighted by Crippen LogP contribution is 2.22. The van der Waals surface area contributed by atoms with Crippen LogP contribution in [0, 0.1) is 5.92 Å². The Bertz CT molecular complexity index is 658. The molecule has 1 heterocycles. The summed E-state index contributed by atoms with van der Waals surface area (Å²) in [4.78, 5) is 27.4. The van der Waals surface area contributed by atoms with Gasteiger partial charge in [-0.25, -0.2) is 0 Å². The Morgan fingerprint density at radius 2 is 1.62 bits per heavy atom. The zero-order valence-electron chi connectivity index (χ0n) is 16.8. The van der Waals surface area contributed by atoms with Crippen LogP contribution < -0.4 is 5.32 Å². The monoisotopic (exact) mass is 356 g/mol. The van der Waals surface area contributed by atoms with Crippen molar-refractivity contribution in [2.45, 2.75) is 58.9 Å². The molecule has 142 valence electrons. The molecule has 0 spiro atoms. The first-order valence-corrected chi connectivity index (χ1v) is 9.46. The minimum absolute atomic E-state index is 0.00663. The van der Waals surface area contributed by atoms with Crippen molar-refractivity contribution in [2.24, 2.45) is 5.92 Å². The number of carbonyl (C=O) groups is 2. The van der Waals surface area contributed by atoms with E-state index in [2.05, 4.69) is 32.7 Å². The average Bonchev–Trinajstić information content (AvgIpc) is 2.58. The van der Waals surface area contributed by atoms with Crippen LogP contribution in [0.15, 0.2) is 36.4 Å². The molecule has 1 unspecified atom stereocenters. The van der Waals surface area contributed by atoms with Gasteiger partial charge < -0.3 is 10.2 Å². The van der Waals surface area contributed by atoms with Crippen molar-refractivity contribution in [3.63, 3.8) is 0 Å². The minimum atomic E-state index is -0.504. The second kappa shape index (κ2) is 8.07. The number of piperidine rings is 1. The second-order valence-electron chi connectivity index (χ2n) is 8.60. The highest BCUT2D eigenvalue weighted by molar-refractivity contribution is 5.97. The van der Waals surface area contributed by atoms with Gasteiger partial charge in [0.1, 0.15) is 6.04 Å². The van der Waals surface area contributed by atoms with Gasteiger partial charge in [-0.05, 0) is 41.9 Å². The maximum Gasteiger partial charge on any atom is 0.251 e. The lowest BCUT2D eigenvalue weighted by molar-refractivity contribution is -0.134. The normalized spacial score (nSPS) is 16.5. The van der Waals surface area contributed by atoms with E-state index in [-0.39, 0.29) is 23.1 Å². The van der Waals surface area contributed by atoms with Gasteiger partial charge in [-0.1, -0.05) is 58.9 Å². The standard InChI is InChI=1S/C22H32N2O2/c1-15(2)19(21(26)24-13-11-16(3)12-14-24)23-20(25)17-7-9-18(10-8-17)22(4,5)6/h7-10,15,19H,3,11-14H2,1-2,4-6H3,(H,23,25). The lowest BCUT2D eigenvalue weighted by Gasteiger charge is -2.33. The predicted octanol–water partition coefficient (Wildman–Crippen LogP) is 3.92. The smallest absolute Gasteiger partial charge is 0.251 e. The highest BCUT2D eigenvalue weighted by atomic mass is 16.2. The van der Waals surface area contributed by atoms with Crippen LogP contribution in [0.4, 0.5) is 0 Å². The Balaban J connectivity index is 2.08. The molecule has 0 aliphatic carbocycles. The van der Waals surface area contributed by atoms with Gasteiger partial charge in [-0.15, -0.1) is 0 Å². The van der Waals surface area contributed by atoms with E-state index < -0.39 is 6.04 Å². The zero-order chi connectivity index (χ0) is 19.5. The van der Waals surface area contributed by atoms with E-state index in [0.717, 1.165) is 12.8 Å². The Morgan fingerprint density at radius 3 is 2.08 bits per heavy atom. The Morgan fingerprint density at radius 1 is 1.08 bits per heavy atom. The third kappa shape index (κ3) is 4.96. The first-order chi connectivity index (χ1) is 12.1. The second-order valence-corrected chi connectivity index (χ2v) is 8.60. The first kappa shape index (κ1) is 20.2. The zero-order valence-corrected chi connectivity index (χ0v) is 16.8. The van der Waals surface area contributed by atoms with Crippen LogP contribution in [-0.4, -0.2) is 35.8 Å². The summed E-state index contributed by atoms with van der Waals surface area (Å²) in [6, 6.07) is 7.14.